The largest absolute Gasteiger partial charge is 0.496 e. The van der Waals surface area contributed by atoms with Crippen LogP contribution < -0.4 is 15.4 Å². The molecule has 0 bridgehead atoms. The average Bonchev–Trinajstić information content (AvgIpc) is 3.15. The van der Waals surface area contributed by atoms with Crippen LogP contribution >= 0.6 is 0 Å². The molecule has 3 rings (SSSR count). The van der Waals surface area contributed by atoms with Crippen molar-refractivity contribution in [1.82, 2.24) is 10.3 Å². The normalized spacial score (nSPS) is 18.4. The molecular weight excluding hydrogens is 401 g/mol. The number of rotatable bonds is 5. The van der Waals surface area contributed by atoms with Crippen LogP contribution in [0.15, 0.2) is 36.5 Å². The molecule has 1 aliphatic carbocycles. The van der Waals surface area contributed by atoms with Crippen molar-refractivity contribution in [3.63, 3.8) is 0 Å². The molecule has 0 aliphatic heterocycles. The van der Waals surface area contributed by atoms with Crippen LogP contribution in [0.5, 0.6) is 5.75 Å². The van der Waals surface area contributed by atoms with E-state index < -0.39 is 11.7 Å². The molecule has 0 spiro atoms. The van der Waals surface area contributed by atoms with Gasteiger partial charge in [-0.1, -0.05) is 0 Å². The van der Waals surface area contributed by atoms with E-state index in [9.17, 15) is 14.0 Å². The van der Waals surface area contributed by atoms with Gasteiger partial charge in [-0.15, -0.1) is 0 Å². The smallest absolute Gasteiger partial charge is 0.407 e. The summed E-state index contributed by atoms with van der Waals surface area (Å²) >= 11 is 0. The Bertz CT molecular complexity index is 958. The Kier molecular flexibility index (Phi) is 6.77. The quantitative estimate of drug-likeness (QED) is 0.729. The van der Waals surface area contributed by atoms with Gasteiger partial charge in [0.15, 0.2) is 0 Å². The predicted molar refractivity (Wildman–Crippen MR) is 115 cm³/mol. The Balaban J connectivity index is 1.62. The van der Waals surface area contributed by atoms with Crippen molar-refractivity contribution in [3.05, 3.63) is 42.3 Å². The zero-order chi connectivity index (χ0) is 22.6. The van der Waals surface area contributed by atoms with Gasteiger partial charge in [0.25, 0.3) is 0 Å². The van der Waals surface area contributed by atoms with Crippen LogP contribution in [0.2, 0.25) is 0 Å². The number of nitrogens with one attached hydrogen (secondary N) is 2. The van der Waals surface area contributed by atoms with Crippen molar-refractivity contribution < 1.29 is 23.5 Å². The van der Waals surface area contributed by atoms with Gasteiger partial charge in [-0.25, -0.2) is 14.2 Å². The molecule has 1 fully saturated rings. The number of benzene rings is 1. The molecule has 2 aromatic rings. The Morgan fingerprint density at radius 2 is 1.94 bits per heavy atom. The fourth-order valence-electron chi connectivity index (χ4n) is 3.62. The number of amides is 2. The van der Waals surface area contributed by atoms with E-state index >= 15 is 0 Å². The highest BCUT2D eigenvalue weighted by Gasteiger charge is 2.32. The summed E-state index contributed by atoms with van der Waals surface area (Å²) in [4.78, 5) is 28.9. The molecule has 1 aliphatic rings. The maximum absolute atomic E-state index is 13.5. The molecule has 7 nitrogen and oxygen atoms in total. The molecule has 0 radical (unpaired) electrons. The third-order valence-corrected chi connectivity index (χ3v) is 5.01. The summed E-state index contributed by atoms with van der Waals surface area (Å²) in [6.07, 6.45) is 3.02. The van der Waals surface area contributed by atoms with Gasteiger partial charge in [-0.2, -0.15) is 0 Å². The predicted octanol–water partition coefficient (Wildman–Crippen LogP) is 4.53. The summed E-state index contributed by atoms with van der Waals surface area (Å²) < 4.78 is 24.0. The van der Waals surface area contributed by atoms with E-state index in [4.69, 9.17) is 9.47 Å². The van der Waals surface area contributed by atoms with E-state index in [1.165, 1.54) is 19.2 Å². The number of hydrogen-bond donors (Lipinski definition) is 2. The highest BCUT2D eigenvalue weighted by atomic mass is 19.1. The maximum atomic E-state index is 13.5. The van der Waals surface area contributed by atoms with E-state index in [0.29, 0.717) is 36.4 Å². The van der Waals surface area contributed by atoms with Crippen LogP contribution in [0.4, 0.5) is 15.0 Å². The molecule has 2 N–H and O–H groups in total. The molecule has 0 unspecified atom stereocenters. The fraction of sp³-hybridized carbons (Fsp3) is 0.435. The van der Waals surface area contributed by atoms with Crippen molar-refractivity contribution in [3.8, 4) is 16.9 Å². The Morgan fingerprint density at radius 1 is 1.16 bits per heavy atom. The first-order valence-electron chi connectivity index (χ1n) is 10.2. The highest BCUT2D eigenvalue weighted by Crippen LogP contribution is 2.32. The molecular formula is C23H28FN3O4. The van der Waals surface area contributed by atoms with Gasteiger partial charge in [0.2, 0.25) is 5.91 Å². The lowest BCUT2D eigenvalue weighted by molar-refractivity contribution is -0.119. The summed E-state index contributed by atoms with van der Waals surface area (Å²) in [5.74, 6) is 0.0293. The van der Waals surface area contributed by atoms with Crippen molar-refractivity contribution >= 4 is 17.8 Å². The van der Waals surface area contributed by atoms with E-state index in [0.717, 1.165) is 5.56 Å². The van der Waals surface area contributed by atoms with E-state index in [-0.39, 0.29) is 23.7 Å². The molecule has 8 heteroatoms. The van der Waals surface area contributed by atoms with E-state index in [1.807, 2.05) is 0 Å². The van der Waals surface area contributed by atoms with Crippen molar-refractivity contribution in [1.29, 1.82) is 0 Å². The first kappa shape index (κ1) is 22.5. The molecule has 1 aromatic carbocycles. The van der Waals surface area contributed by atoms with Crippen LogP contribution in [0.25, 0.3) is 11.1 Å². The Hall–Kier alpha value is -3.16. The molecule has 1 saturated carbocycles. The van der Waals surface area contributed by atoms with Crippen LogP contribution in [-0.2, 0) is 9.53 Å². The minimum absolute atomic E-state index is 0.103. The number of aromatic nitrogens is 1. The standard InChI is InChI=1S/C23H28FN3O4/c1-23(2,3)31-22(29)26-17-7-5-15(11-17)21(28)27-20-12-14(9-10-25-20)18-8-6-16(24)13-19(18)30-4/h6,8-10,12-13,15,17H,5,7,11H2,1-4H3,(H,26,29)(H,25,27,28)/t15-,17+/m1/s1. The first-order valence-corrected chi connectivity index (χ1v) is 10.2. The minimum atomic E-state index is -0.566. The third kappa shape index (κ3) is 6.16. The monoisotopic (exact) mass is 429 g/mol. The molecule has 31 heavy (non-hydrogen) atoms. The highest BCUT2D eigenvalue weighted by molar-refractivity contribution is 5.92. The van der Waals surface area contributed by atoms with Crippen LogP contribution in [0.3, 0.4) is 0 Å². The number of carbonyl (C=O) groups excluding carboxylic acids is 2. The number of alkyl carbamates (subject to hydrolysis) is 1. The van der Waals surface area contributed by atoms with Crippen LogP contribution in [-0.4, -0.2) is 35.7 Å². The maximum Gasteiger partial charge on any atom is 0.407 e. The first-order chi connectivity index (χ1) is 14.6. The van der Waals surface area contributed by atoms with Crippen molar-refractivity contribution in [2.24, 2.45) is 5.92 Å². The Labute approximate surface area is 181 Å². The van der Waals surface area contributed by atoms with Crippen LogP contribution in [0, 0.1) is 11.7 Å². The minimum Gasteiger partial charge on any atom is -0.496 e. The van der Waals surface area contributed by atoms with Crippen molar-refractivity contribution in [2.75, 3.05) is 12.4 Å². The number of hydrogen-bond acceptors (Lipinski definition) is 5. The lowest BCUT2D eigenvalue weighted by atomic mass is 10.0. The van der Waals surface area contributed by atoms with Gasteiger partial charge >= 0.3 is 6.09 Å². The van der Waals surface area contributed by atoms with Gasteiger partial charge in [-0.05, 0) is 69.9 Å². The van der Waals surface area contributed by atoms with Crippen LogP contribution in [0.1, 0.15) is 40.0 Å². The topological polar surface area (TPSA) is 89.5 Å². The second-order valence-electron chi connectivity index (χ2n) is 8.62. The number of halogens is 1. The molecule has 1 heterocycles. The van der Waals surface area contributed by atoms with Gasteiger partial charge < -0.3 is 20.1 Å². The molecule has 2 atom stereocenters. The molecule has 2 amide bonds. The Morgan fingerprint density at radius 3 is 2.65 bits per heavy atom. The van der Waals surface area contributed by atoms with E-state index in [1.54, 1.807) is 45.2 Å². The summed E-state index contributed by atoms with van der Waals surface area (Å²) in [6.45, 7) is 5.42. The number of nitrogens with zero attached hydrogens (tertiary/aromatic N) is 1. The van der Waals surface area contributed by atoms with Crippen molar-refractivity contribution in [2.45, 2.75) is 51.7 Å². The van der Waals surface area contributed by atoms with E-state index in [2.05, 4.69) is 15.6 Å². The zero-order valence-corrected chi connectivity index (χ0v) is 18.2. The molecule has 0 saturated heterocycles. The van der Waals surface area contributed by atoms with Gasteiger partial charge in [0, 0.05) is 29.8 Å². The number of carbonyl (C=O) groups is 2. The second kappa shape index (κ2) is 9.32. The number of anilines is 1. The summed E-state index contributed by atoms with van der Waals surface area (Å²) in [6, 6.07) is 7.67. The summed E-state index contributed by atoms with van der Waals surface area (Å²) in [5.41, 5.74) is 0.880. The summed E-state index contributed by atoms with van der Waals surface area (Å²) in [7, 11) is 1.48. The SMILES string of the molecule is COc1cc(F)ccc1-c1ccnc(NC(=O)[C@@H]2CC[C@H](NC(=O)OC(C)(C)C)C2)c1. The van der Waals surface area contributed by atoms with Gasteiger partial charge in [-0.3, -0.25) is 4.79 Å². The van der Waals surface area contributed by atoms with Gasteiger partial charge in [0.1, 0.15) is 23.0 Å². The zero-order valence-electron chi connectivity index (χ0n) is 18.2. The number of methoxy groups -OCH3 is 1. The lowest BCUT2D eigenvalue weighted by Crippen LogP contribution is -2.38. The number of pyridine rings is 1. The second-order valence-corrected chi connectivity index (χ2v) is 8.62. The average molecular weight is 429 g/mol. The van der Waals surface area contributed by atoms with Gasteiger partial charge in [0.05, 0.1) is 7.11 Å². The molecule has 1 aromatic heterocycles. The molecule has 166 valence electrons. The summed E-state index contributed by atoms with van der Waals surface area (Å²) in [5, 5.41) is 5.68. The lowest BCUT2D eigenvalue weighted by Gasteiger charge is -2.21. The fourth-order valence-corrected chi connectivity index (χ4v) is 3.62. The third-order valence-electron chi connectivity index (χ3n) is 5.01. The number of ether oxygens (including phenoxy) is 2.